The number of carbonyl (C=O) groups excluding carboxylic acids is 2. The van der Waals surface area contributed by atoms with Gasteiger partial charge in [-0.25, -0.2) is 5.43 Å². The van der Waals surface area contributed by atoms with E-state index in [4.69, 9.17) is 4.74 Å². The van der Waals surface area contributed by atoms with Gasteiger partial charge in [0.2, 0.25) is 11.8 Å². The Morgan fingerprint density at radius 3 is 2.42 bits per heavy atom. The number of benzene rings is 2. The van der Waals surface area contributed by atoms with Gasteiger partial charge in [-0.2, -0.15) is 5.10 Å². The Morgan fingerprint density at radius 1 is 0.935 bits per heavy atom. The van der Waals surface area contributed by atoms with Crippen molar-refractivity contribution in [3.63, 3.8) is 0 Å². The van der Waals surface area contributed by atoms with Crippen molar-refractivity contribution in [3.8, 4) is 5.75 Å². The predicted molar refractivity (Wildman–Crippen MR) is 123 cm³/mol. The van der Waals surface area contributed by atoms with Crippen molar-refractivity contribution in [2.45, 2.75) is 6.61 Å². The highest BCUT2D eigenvalue weighted by Gasteiger charge is 2.05. The molecule has 3 aromatic rings. The first-order valence-corrected chi connectivity index (χ1v) is 10.7. The van der Waals surface area contributed by atoms with E-state index in [1.807, 2.05) is 72.8 Å². The molecule has 31 heavy (non-hydrogen) atoms. The number of thioether (sulfide) groups is 1. The van der Waals surface area contributed by atoms with Gasteiger partial charge in [0.15, 0.2) is 0 Å². The molecule has 3 rings (SSSR count). The third-order valence-electron chi connectivity index (χ3n) is 3.92. The van der Waals surface area contributed by atoms with Gasteiger partial charge in [0.25, 0.3) is 0 Å². The van der Waals surface area contributed by atoms with Crippen molar-refractivity contribution < 1.29 is 14.3 Å². The van der Waals surface area contributed by atoms with Crippen molar-refractivity contribution in [1.29, 1.82) is 0 Å². The Bertz CT molecular complexity index is 996. The second-order valence-corrected chi connectivity index (χ2v) is 7.36. The van der Waals surface area contributed by atoms with Crippen LogP contribution in [-0.2, 0) is 16.2 Å². The molecule has 158 valence electrons. The van der Waals surface area contributed by atoms with E-state index in [0.717, 1.165) is 22.7 Å². The van der Waals surface area contributed by atoms with E-state index in [2.05, 4.69) is 20.8 Å². The van der Waals surface area contributed by atoms with Crippen molar-refractivity contribution in [3.05, 3.63) is 90.3 Å². The largest absolute Gasteiger partial charge is 0.487 e. The Hall–Kier alpha value is -3.65. The van der Waals surface area contributed by atoms with E-state index >= 15 is 0 Å². The summed E-state index contributed by atoms with van der Waals surface area (Å²) < 4.78 is 5.68. The molecule has 1 heterocycles. The molecule has 0 aliphatic heterocycles. The minimum absolute atomic E-state index is 0.139. The van der Waals surface area contributed by atoms with E-state index in [1.165, 1.54) is 11.8 Å². The van der Waals surface area contributed by atoms with Crippen molar-refractivity contribution in [2.24, 2.45) is 5.10 Å². The van der Waals surface area contributed by atoms with Gasteiger partial charge in [-0.15, -0.1) is 11.8 Å². The minimum Gasteiger partial charge on any atom is -0.487 e. The number of aromatic nitrogens is 1. The Kier molecular flexibility index (Phi) is 8.63. The minimum atomic E-state index is -0.274. The standard InChI is InChI=1S/C23H22N4O3S/c28-22(26-19-6-2-1-3-7-19)16-31-17-23(29)27-25-14-18-9-11-21(12-10-18)30-15-20-8-4-5-13-24-20/h1-14H,15-17H2,(H,26,28)(H,27,29)/b25-14-. The summed E-state index contributed by atoms with van der Waals surface area (Å²) in [5.74, 6) is 0.616. The molecule has 0 spiro atoms. The number of hydrazone groups is 1. The Labute approximate surface area is 184 Å². The van der Waals surface area contributed by atoms with Crippen LogP contribution in [0.4, 0.5) is 5.69 Å². The molecule has 0 saturated heterocycles. The molecule has 2 N–H and O–H groups in total. The first-order chi connectivity index (χ1) is 15.2. The highest BCUT2D eigenvalue weighted by Crippen LogP contribution is 2.13. The number of carbonyl (C=O) groups is 2. The molecule has 1 aromatic heterocycles. The van der Waals surface area contributed by atoms with Gasteiger partial charge in [0, 0.05) is 11.9 Å². The number of hydrogen-bond donors (Lipinski definition) is 2. The van der Waals surface area contributed by atoms with Crippen molar-refractivity contribution in [2.75, 3.05) is 16.8 Å². The quantitative estimate of drug-likeness (QED) is 0.376. The number of para-hydroxylation sites is 1. The van der Waals surface area contributed by atoms with Crippen LogP contribution in [0.25, 0.3) is 0 Å². The fourth-order valence-electron chi connectivity index (χ4n) is 2.46. The number of pyridine rings is 1. The monoisotopic (exact) mass is 434 g/mol. The summed E-state index contributed by atoms with van der Waals surface area (Å²) in [4.78, 5) is 27.9. The maximum atomic E-state index is 11.8. The molecule has 2 aromatic carbocycles. The number of hydrogen-bond acceptors (Lipinski definition) is 6. The van der Waals surface area contributed by atoms with Crippen LogP contribution >= 0.6 is 11.8 Å². The van der Waals surface area contributed by atoms with Gasteiger partial charge in [0.05, 0.1) is 23.4 Å². The first-order valence-electron chi connectivity index (χ1n) is 9.56. The highest BCUT2D eigenvalue weighted by atomic mass is 32.2. The molecule has 0 bridgehead atoms. The van der Waals surface area contributed by atoms with Gasteiger partial charge in [-0.05, 0) is 54.1 Å². The zero-order valence-electron chi connectivity index (χ0n) is 16.7. The summed E-state index contributed by atoms with van der Waals surface area (Å²) in [6.45, 7) is 0.394. The van der Waals surface area contributed by atoms with Gasteiger partial charge < -0.3 is 10.1 Å². The summed E-state index contributed by atoms with van der Waals surface area (Å²) in [7, 11) is 0. The maximum Gasteiger partial charge on any atom is 0.250 e. The van der Waals surface area contributed by atoms with E-state index in [-0.39, 0.29) is 23.3 Å². The van der Waals surface area contributed by atoms with Gasteiger partial charge in [-0.3, -0.25) is 14.6 Å². The van der Waals surface area contributed by atoms with Gasteiger partial charge >= 0.3 is 0 Å². The van der Waals surface area contributed by atoms with Crippen molar-refractivity contribution >= 4 is 35.5 Å². The van der Waals surface area contributed by atoms with E-state index in [9.17, 15) is 9.59 Å². The van der Waals surface area contributed by atoms with E-state index in [0.29, 0.717) is 6.61 Å². The second kappa shape index (κ2) is 12.1. The van der Waals surface area contributed by atoms with Crippen LogP contribution in [-0.4, -0.2) is 34.5 Å². The van der Waals surface area contributed by atoms with Crippen LogP contribution < -0.4 is 15.5 Å². The molecule has 8 heteroatoms. The molecule has 2 amide bonds. The Balaban J connectivity index is 1.33. The topological polar surface area (TPSA) is 92.7 Å². The maximum absolute atomic E-state index is 11.8. The lowest BCUT2D eigenvalue weighted by Gasteiger charge is -2.05. The normalized spacial score (nSPS) is 10.6. The molecular weight excluding hydrogens is 412 g/mol. The van der Waals surface area contributed by atoms with Crippen LogP contribution in [0, 0.1) is 0 Å². The summed E-state index contributed by atoms with van der Waals surface area (Å²) in [5.41, 5.74) is 4.86. The third-order valence-corrected chi connectivity index (χ3v) is 4.85. The number of anilines is 1. The lowest BCUT2D eigenvalue weighted by atomic mass is 10.2. The number of amides is 2. The van der Waals surface area contributed by atoms with Crippen LogP contribution in [0.15, 0.2) is 84.1 Å². The average Bonchev–Trinajstić information content (AvgIpc) is 2.80. The molecule has 0 radical (unpaired) electrons. The van der Waals surface area contributed by atoms with Crippen LogP contribution in [0.5, 0.6) is 5.75 Å². The summed E-state index contributed by atoms with van der Waals surface area (Å²) in [5, 5.41) is 6.71. The first kappa shape index (κ1) is 22.0. The van der Waals surface area contributed by atoms with Crippen LogP contribution in [0.2, 0.25) is 0 Å². The van der Waals surface area contributed by atoms with E-state index < -0.39 is 0 Å². The molecular formula is C23H22N4O3S. The van der Waals surface area contributed by atoms with Gasteiger partial charge in [0.1, 0.15) is 12.4 Å². The predicted octanol–water partition coefficient (Wildman–Crippen LogP) is 3.48. The molecule has 0 aliphatic carbocycles. The third kappa shape index (κ3) is 8.31. The lowest BCUT2D eigenvalue weighted by molar-refractivity contribution is -0.118. The summed E-state index contributed by atoms with van der Waals surface area (Å²) >= 11 is 1.22. The number of nitrogens with one attached hydrogen (secondary N) is 2. The Morgan fingerprint density at radius 2 is 1.68 bits per heavy atom. The summed E-state index contributed by atoms with van der Waals surface area (Å²) in [6.07, 6.45) is 3.28. The zero-order chi connectivity index (χ0) is 21.7. The molecule has 0 atom stereocenters. The summed E-state index contributed by atoms with van der Waals surface area (Å²) in [6, 6.07) is 22.2. The number of ether oxygens (including phenoxy) is 1. The fourth-order valence-corrected chi connectivity index (χ4v) is 3.07. The van der Waals surface area contributed by atoms with Gasteiger partial charge in [-0.1, -0.05) is 24.3 Å². The van der Waals surface area contributed by atoms with Crippen LogP contribution in [0.1, 0.15) is 11.3 Å². The molecule has 0 saturated carbocycles. The van der Waals surface area contributed by atoms with E-state index in [1.54, 1.807) is 12.4 Å². The highest BCUT2D eigenvalue weighted by molar-refractivity contribution is 8.00. The molecule has 0 fully saturated rings. The lowest BCUT2D eigenvalue weighted by Crippen LogP contribution is -2.21. The zero-order valence-corrected chi connectivity index (χ0v) is 17.5. The fraction of sp³-hybridized carbons (Fsp3) is 0.130. The second-order valence-electron chi connectivity index (χ2n) is 6.38. The number of nitrogens with zero attached hydrogens (tertiary/aromatic N) is 2. The number of rotatable bonds is 10. The molecule has 0 unspecified atom stereocenters. The SMILES string of the molecule is O=C(CSCC(=O)Nc1ccccc1)N/N=C\c1ccc(OCc2ccccn2)cc1. The average molecular weight is 435 g/mol. The molecule has 0 aliphatic rings. The van der Waals surface area contributed by atoms with Crippen molar-refractivity contribution in [1.82, 2.24) is 10.4 Å². The smallest absolute Gasteiger partial charge is 0.250 e. The van der Waals surface area contributed by atoms with Crippen LogP contribution in [0.3, 0.4) is 0 Å². The molecule has 7 nitrogen and oxygen atoms in total.